The van der Waals surface area contributed by atoms with Crippen molar-refractivity contribution in [1.29, 1.82) is 0 Å². The molecule has 1 heterocycles. The first-order valence-electron chi connectivity index (χ1n) is 11.2. The molecular formula is C24H29ClN2O6S. The molecule has 0 bridgehead atoms. The zero-order chi connectivity index (χ0) is 24.7. The van der Waals surface area contributed by atoms with Crippen molar-refractivity contribution in [3.63, 3.8) is 0 Å². The first-order valence-corrected chi connectivity index (χ1v) is 13.0. The fourth-order valence-corrected chi connectivity index (χ4v) is 5.63. The van der Waals surface area contributed by atoms with Crippen LogP contribution in [0, 0.1) is 5.92 Å². The molecule has 3 rings (SSSR count). The van der Waals surface area contributed by atoms with Crippen LogP contribution in [0.15, 0.2) is 47.4 Å². The van der Waals surface area contributed by atoms with Gasteiger partial charge in [-0.3, -0.25) is 4.79 Å². The number of carbonyl (C=O) groups is 2. The molecule has 0 unspecified atom stereocenters. The van der Waals surface area contributed by atoms with Gasteiger partial charge in [0, 0.05) is 23.8 Å². The number of rotatable bonds is 9. The van der Waals surface area contributed by atoms with Crippen LogP contribution in [0.1, 0.15) is 43.0 Å². The average Bonchev–Trinajstić information content (AvgIpc) is 2.84. The molecule has 1 saturated heterocycles. The van der Waals surface area contributed by atoms with Gasteiger partial charge in [0.25, 0.3) is 0 Å². The maximum atomic E-state index is 13.3. The van der Waals surface area contributed by atoms with Crippen molar-refractivity contribution in [2.24, 2.45) is 5.92 Å². The summed E-state index contributed by atoms with van der Waals surface area (Å²) in [6.07, 6.45) is 2.85. The Morgan fingerprint density at radius 2 is 1.91 bits per heavy atom. The molecule has 1 N–H and O–H groups in total. The number of ether oxygens (including phenoxy) is 2. The van der Waals surface area contributed by atoms with Crippen molar-refractivity contribution in [3.05, 3.63) is 53.1 Å². The molecule has 1 aliphatic rings. The van der Waals surface area contributed by atoms with E-state index in [1.54, 1.807) is 30.3 Å². The number of hydrogen-bond acceptors (Lipinski definition) is 6. The minimum absolute atomic E-state index is 0.0232. The normalized spacial score (nSPS) is 16.6. The van der Waals surface area contributed by atoms with Crippen LogP contribution in [0.4, 0.5) is 5.69 Å². The fourth-order valence-electron chi connectivity index (χ4n) is 3.69. The maximum Gasteiger partial charge on any atom is 0.338 e. The van der Waals surface area contributed by atoms with E-state index < -0.39 is 21.9 Å². The van der Waals surface area contributed by atoms with Gasteiger partial charge >= 0.3 is 5.97 Å². The minimum Gasteiger partial charge on any atom is -0.495 e. The van der Waals surface area contributed by atoms with Crippen LogP contribution in [0.2, 0.25) is 5.02 Å². The van der Waals surface area contributed by atoms with E-state index in [0.29, 0.717) is 37.2 Å². The number of amides is 1. The van der Waals surface area contributed by atoms with Gasteiger partial charge in [-0.25, -0.2) is 13.2 Å². The molecule has 1 fully saturated rings. The number of halogens is 1. The van der Waals surface area contributed by atoms with Gasteiger partial charge < -0.3 is 14.8 Å². The number of carbonyl (C=O) groups excluding carboxylic acids is 2. The summed E-state index contributed by atoms with van der Waals surface area (Å²) in [4.78, 5) is 24.9. The highest BCUT2D eigenvalue weighted by Crippen LogP contribution is 2.32. The molecule has 8 nitrogen and oxygen atoms in total. The molecule has 1 aliphatic heterocycles. The van der Waals surface area contributed by atoms with E-state index in [9.17, 15) is 18.0 Å². The number of piperidine rings is 1. The molecule has 0 aliphatic carbocycles. The van der Waals surface area contributed by atoms with Crippen molar-refractivity contribution < 1.29 is 27.5 Å². The number of benzene rings is 2. The van der Waals surface area contributed by atoms with E-state index >= 15 is 0 Å². The molecule has 0 spiro atoms. The number of nitrogens with zero attached hydrogens (tertiary/aromatic N) is 1. The second-order valence-electron chi connectivity index (χ2n) is 8.05. The minimum atomic E-state index is -3.90. The Kier molecular flexibility index (Phi) is 8.93. The van der Waals surface area contributed by atoms with Crippen LogP contribution in [-0.2, 0) is 19.6 Å². The second kappa shape index (κ2) is 11.7. The number of nitrogens with one attached hydrogen (secondary N) is 1. The molecule has 34 heavy (non-hydrogen) atoms. The van der Waals surface area contributed by atoms with Crippen LogP contribution in [0.25, 0.3) is 0 Å². The van der Waals surface area contributed by atoms with Gasteiger partial charge in [-0.1, -0.05) is 24.9 Å². The quantitative estimate of drug-likeness (QED) is 0.399. The van der Waals surface area contributed by atoms with Crippen LogP contribution in [-0.4, -0.2) is 51.4 Å². The SMILES string of the molecule is CCCCOC(=O)c1ccc(NC(=O)[C@H]2CCCN(S(=O)(=O)c3cc(Cl)ccc3OC)C2)cc1. The van der Waals surface area contributed by atoms with E-state index in [0.717, 1.165) is 12.8 Å². The Labute approximate surface area is 205 Å². The van der Waals surface area contributed by atoms with E-state index in [1.165, 1.54) is 23.5 Å². The van der Waals surface area contributed by atoms with Crippen LogP contribution < -0.4 is 10.1 Å². The average molecular weight is 509 g/mol. The Bertz CT molecular complexity index is 1120. The molecule has 1 atom stereocenters. The first kappa shape index (κ1) is 26.0. The Balaban J connectivity index is 1.66. The largest absolute Gasteiger partial charge is 0.495 e. The molecule has 2 aromatic rings. The number of sulfonamides is 1. The third kappa shape index (κ3) is 6.28. The highest BCUT2D eigenvalue weighted by molar-refractivity contribution is 7.89. The van der Waals surface area contributed by atoms with E-state index in [4.69, 9.17) is 21.1 Å². The molecule has 2 aromatic carbocycles. The van der Waals surface area contributed by atoms with Gasteiger partial charge in [0.2, 0.25) is 15.9 Å². The molecular weight excluding hydrogens is 480 g/mol. The van der Waals surface area contributed by atoms with Crippen molar-refractivity contribution in [2.45, 2.75) is 37.5 Å². The van der Waals surface area contributed by atoms with Crippen molar-refractivity contribution >= 4 is 39.2 Å². The Hall–Kier alpha value is -2.62. The number of unbranched alkanes of at least 4 members (excludes halogenated alkanes) is 1. The van der Waals surface area contributed by atoms with E-state index in [-0.39, 0.29) is 28.1 Å². The van der Waals surface area contributed by atoms with Gasteiger partial charge in [0.05, 0.1) is 25.2 Å². The molecule has 1 amide bonds. The zero-order valence-corrected chi connectivity index (χ0v) is 20.8. The summed E-state index contributed by atoms with van der Waals surface area (Å²) < 4.78 is 38.2. The number of methoxy groups -OCH3 is 1. The fraction of sp³-hybridized carbons (Fsp3) is 0.417. The molecule has 184 valence electrons. The van der Waals surface area contributed by atoms with Crippen LogP contribution in [0.5, 0.6) is 5.75 Å². The smallest absolute Gasteiger partial charge is 0.338 e. The summed E-state index contributed by atoms with van der Waals surface area (Å²) in [6.45, 7) is 2.73. The molecule has 0 aromatic heterocycles. The molecule has 0 radical (unpaired) electrons. The van der Waals surface area contributed by atoms with Gasteiger partial charge in [0.15, 0.2) is 0 Å². The molecule has 0 saturated carbocycles. The van der Waals surface area contributed by atoms with Crippen molar-refractivity contribution in [1.82, 2.24) is 4.31 Å². The van der Waals surface area contributed by atoms with E-state index in [2.05, 4.69) is 5.32 Å². The third-order valence-corrected chi connectivity index (χ3v) is 7.74. The summed E-state index contributed by atoms with van der Waals surface area (Å²) >= 11 is 6.02. The second-order valence-corrected chi connectivity index (χ2v) is 10.4. The maximum absolute atomic E-state index is 13.3. The van der Waals surface area contributed by atoms with Crippen LogP contribution in [0.3, 0.4) is 0 Å². The lowest BCUT2D eigenvalue weighted by atomic mass is 9.98. The van der Waals surface area contributed by atoms with Crippen molar-refractivity contribution in [3.8, 4) is 5.75 Å². The summed E-state index contributed by atoms with van der Waals surface area (Å²) in [5.41, 5.74) is 0.922. The van der Waals surface area contributed by atoms with Gasteiger partial charge in [-0.15, -0.1) is 0 Å². The van der Waals surface area contributed by atoms with Gasteiger partial charge in [0.1, 0.15) is 10.6 Å². The predicted molar refractivity (Wildman–Crippen MR) is 130 cm³/mol. The zero-order valence-electron chi connectivity index (χ0n) is 19.3. The number of esters is 1. The topological polar surface area (TPSA) is 102 Å². The summed E-state index contributed by atoms with van der Waals surface area (Å²) in [7, 11) is -2.51. The van der Waals surface area contributed by atoms with Crippen molar-refractivity contribution in [2.75, 3.05) is 32.1 Å². The lowest BCUT2D eigenvalue weighted by Crippen LogP contribution is -2.43. The van der Waals surface area contributed by atoms with E-state index in [1.807, 2.05) is 6.92 Å². The number of anilines is 1. The van der Waals surface area contributed by atoms with Gasteiger partial charge in [-0.05, 0) is 61.7 Å². The third-order valence-electron chi connectivity index (χ3n) is 5.62. The lowest BCUT2D eigenvalue weighted by molar-refractivity contribution is -0.120. The standard InChI is InChI=1S/C24H29ClN2O6S/c1-3-4-14-33-24(29)17-7-10-20(11-8-17)26-23(28)18-6-5-13-27(16-18)34(30,31)22-15-19(25)9-12-21(22)32-2/h7-12,15,18H,3-6,13-14,16H2,1-2H3,(H,26,28)/t18-/m0/s1. The molecule has 10 heteroatoms. The highest BCUT2D eigenvalue weighted by atomic mass is 35.5. The lowest BCUT2D eigenvalue weighted by Gasteiger charge is -2.31. The summed E-state index contributed by atoms with van der Waals surface area (Å²) in [5.74, 6) is -1.01. The monoisotopic (exact) mass is 508 g/mol. The van der Waals surface area contributed by atoms with Gasteiger partial charge in [-0.2, -0.15) is 4.31 Å². The highest BCUT2D eigenvalue weighted by Gasteiger charge is 2.35. The Morgan fingerprint density at radius 1 is 1.18 bits per heavy atom. The Morgan fingerprint density at radius 3 is 2.59 bits per heavy atom. The first-order chi connectivity index (χ1) is 16.3. The number of hydrogen-bond donors (Lipinski definition) is 1. The summed E-state index contributed by atoms with van der Waals surface area (Å²) in [5, 5.41) is 3.10. The summed E-state index contributed by atoms with van der Waals surface area (Å²) in [6, 6.07) is 10.9. The van der Waals surface area contributed by atoms with Crippen LogP contribution >= 0.6 is 11.6 Å². The predicted octanol–water partition coefficient (Wildman–Crippen LogP) is 4.34.